The summed E-state index contributed by atoms with van der Waals surface area (Å²) < 4.78 is 0.862. The summed E-state index contributed by atoms with van der Waals surface area (Å²) in [6.45, 7) is 9.63. The highest BCUT2D eigenvalue weighted by Crippen LogP contribution is 2.19. The first kappa shape index (κ1) is 14.4. The smallest absolute Gasteiger partial charge is 0.133 e. The molecule has 1 rings (SSSR count). The van der Waals surface area contributed by atoms with Gasteiger partial charge in [0.2, 0.25) is 0 Å². The van der Waals surface area contributed by atoms with Gasteiger partial charge in [-0.1, -0.05) is 19.8 Å². The Hall–Kier alpha value is -0.640. The van der Waals surface area contributed by atoms with Crippen LogP contribution in [-0.4, -0.2) is 22.6 Å². The molecule has 0 radical (unpaired) electrons. The van der Waals surface area contributed by atoms with Gasteiger partial charge in [-0.2, -0.15) is 0 Å². The van der Waals surface area contributed by atoms with Crippen LogP contribution in [0.3, 0.4) is 0 Å². The summed E-state index contributed by atoms with van der Waals surface area (Å²) in [5.41, 5.74) is 0. The molecule has 0 aromatic carbocycles. The fourth-order valence-electron chi connectivity index (χ4n) is 1.83. The molecule has 4 heteroatoms. The Kier molecular flexibility index (Phi) is 5.89. The van der Waals surface area contributed by atoms with Crippen LogP contribution in [0.15, 0.2) is 10.7 Å². The van der Waals surface area contributed by atoms with E-state index in [1.54, 1.807) is 0 Å². The van der Waals surface area contributed by atoms with E-state index in [-0.39, 0.29) is 0 Å². The summed E-state index contributed by atoms with van der Waals surface area (Å²) >= 11 is 3.43. The van der Waals surface area contributed by atoms with Gasteiger partial charge in [-0.25, -0.2) is 9.97 Å². The van der Waals surface area contributed by atoms with Crippen LogP contribution in [0.2, 0.25) is 0 Å². The molecule has 0 unspecified atom stereocenters. The van der Waals surface area contributed by atoms with Gasteiger partial charge in [0.1, 0.15) is 16.2 Å². The third-order valence-corrected chi connectivity index (χ3v) is 3.12. The zero-order valence-electron chi connectivity index (χ0n) is 11.2. The summed E-state index contributed by atoms with van der Waals surface area (Å²) in [4.78, 5) is 11.1. The first-order valence-electron chi connectivity index (χ1n) is 6.32. The van der Waals surface area contributed by atoms with Crippen LogP contribution in [-0.2, 0) is 0 Å². The molecule has 0 spiro atoms. The van der Waals surface area contributed by atoms with Crippen molar-refractivity contribution in [2.75, 3.05) is 11.4 Å². The lowest BCUT2D eigenvalue weighted by Gasteiger charge is -2.28. The van der Waals surface area contributed by atoms with Crippen LogP contribution < -0.4 is 4.90 Å². The van der Waals surface area contributed by atoms with E-state index in [1.165, 1.54) is 19.3 Å². The van der Waals surface area contributed by atoms with Crippen LogP contribution >= 0.6 is 15.9 Å². The Morgan fingerprint density at radius 1 is 1.29 bits per heavy atom. The van der Waals surface area contributed by atoms with Gasteiger partial charge >= 0.3 is 0 Å². The average molecular weight is 300 g/mol. The van der Waals surface area contributed by atoms with Crippen LogP contribution in [0.4, 0.5) is 5.82 Å². The second-order valence-corrected chi connectivity index (χ2v) is 5.40. The van der Waals surface area contributed by atoms with E-state index < -0.39 is 0 Å². The molecule has 0 aliphatic heterocycles. The predicted octanol–water partition coefficient (Wildman–Crippen LogP) is 3.95. The molecule has 1 heterocycles. The molecule has 0 aliphatic carbocycles. The molecule has 96 valence electrons. The summed E-state index contributed by atoms with van der Waals surface area (Å²) in [6, 6.07) is 2.46. The second kappa shape index (κ2) is 6.94. The van der Waals surface area contributed by atoms with Gasteiger partial charge in [-0.05, 0) is 43.1 Å². The number of hydrogen-bond donors (Lipinski definition) is 0. The zero-order chi connectivity index (χ0) is 12.8. The third kappa shape index (κ3) is 4.62. The Balaban J connectivity index is 2.81. The van der Waals surface area contributed by atoms with Crippen molar-refractivity contribution >= 4 is 21.7 Å². The average Bonchev–Trinajstić information content (AvgIpc) is 2.22. The number of aromatic nitrogens is 2. The van der Waals surface area contributed by atoms with Crippen molar-refractivity contribution in [1.29, 1.82) is 0 Å². The highest BCUT2D eigenvalue weighted by atomic mass is 79.9. The van der Waals surface area contributed by atoms with E-state index in [2.05, 4.69) is 51.6 Å². The Labute approximate surface area is 113 Å². The minimum Gasteiger partial charge on any atom is -0.354 e. The van der Waals surface area contributed by atoms with Crippen molar-refractivity contribution in [2.45, 2.75) is 53.0 Å². The zero-order valence-corrected chi connectivity index (χ0v) is 12.8. The molecule has 0 amide bonds. The van der Waals surface area contributed by atoms with Gasteiger partial charge in [-0.15, -0.1) is 0 Å². The van der Waals surface area contributed by atoms with Crippen LogP contribution in [0.5, 0.6) is 0 Å². The molecule has 0 fully saturated rings. The molecule has 0 saturated carbocycles. The molecular formula is C13H22BrN3. The van der Waals surface area contributed by atoms with Crippen molar-refractivity contribution in [2.24, 2.45) is 0 Å². The molecule has 17 heavy (non-hydrogen) atoms. The first-order chi connectivity index (χ1) is 8.04. The van der Waals surface area contributed by atoms with Crippen molar-refractivity contribution in [1.82, 2.24) is 9.97 Å². The van der Waals surface area contributed by atoms with Gasteiger partial charge in [0.15, 0.2) is 0 Å². The summed E-state index contributed by atoms with van der Waals surface area (Å²) in [5, 5.41) is 0. The summed E-state index contributed by atoms with van der Waals surface area (Å²) in [7, 11) is 0. The number of rotatable bonds is 6. The number of anilines is 1. The van der Waals surface area contributed by atoms with E-state index in [0.29, 0.717) is 6.04 Å². The predicted molar refractivity (Wildman–Crippen MR) is 76.5 cm³/mol. The molecule has 1 aromatic heterocycles. The van der Waals surface area contributed by atoms with Gasteiger partial charge in [-0.3, -0.25) is 0 Å². The van der Waals surface area contributed by atoms with Crippen molar-refractivity contribution < 1.29 is 0 Å². The Morgan fingerprint density at radius 2 is 2.00 bits per heavy atom. The topological polar surface area (TPSA) is 29.0 Å². The standard InChI is InChI=1S/C13H22BrN3/c1-5-6-7-8-17(10(2)3)13-9-12(14)15-11(4)16-13/h9-10H,5-8H2,1-4H3. The Morgan fingerprint density at radius 3 is 2.53 bits per heavy atom. The second-order valence-electron chi connectivity index (χ2n) is 4.59. The van der Waals surface area contributed by atoms with Crippen molar-refractivity contribution in [3.8, 4) is 0 Å². The monoisotopic (exact) mass is 299 g/mol. The number of aryl methyl sites for hydroxylation is 1. The number of halogens is 1. The first-order valence-corrected chi connectivity index (χ1v) is 7.11. The molecule has 0 aliphatic rings. The van der Waals surface area contributed by atoms with Crippen LogP contribution in [0, 0.1) is 6.92 Å². The minimum atomic E-state index is 0.466. The third-order valence-electron chi connectivity index (χ3n) is 2.71. The van der Waals surface area contributed by atoms with Crippen LogP contribution in [0.1, 0.15) is 45.9 Å². The maximum atomic E-state index is 4.52. The lowest BCUT2D eigenvalue weighted by molar-refractivity contribution is 0.618. The van der Waals surface area contributed by atoms with Gasteiger partial charge in [0.25, 0.3) is 0 Å². The van der Waals surface area contributed by atoms with E-state index in [9.17, 15) is 0 Å². The number of hydrogen-bond acceptors (Lipinski definition) is 3. The molecule has 0 saturated heterocycles. The van der Waals surface area contributed by atoms with Crippen molar-refractivity contribution in [3.63, 3.8) is 0 Å². The fourth-order valence-corrected chi connectivity index (χ4v) is 2.29. The molecule has 1 aromatic rings. The maximum Gasteiger partial charge on any atom is 0.133 e. The van der Waals surface area contributed by atoms with Gasteiger partial charge < -0.3 is 4.90 Å². The van der Waals surface area contributed by atoms with Gasteiger partial charge in [0, 0.05) is 18.7 Å². The maximum absolute atomic E-state index is 4.52. The van der Waals surface area contributed by atoms with E-state index in [4.69, 9.17) is 0 Å². The Bertz CT molecular complexity index is 332. The van der Waals surface area contributed by atoms with E-state index in [0.717, 1.165) is 22.8 Å². The quantitative estimate of drug-likeness (QED) is 0.588. The molecule has 0 N–H and O–H groups in total. The summed E-state index contributed by atoms with van der Waals surface area (Å²) in [5.74, 6) is 1.84. The number of unbranched alkanes of at least 4 members (excludes halogenated alkanes) is 2. The lowest BCUT2D eigenvalue weighted by atomic mass is 10.2. The summed E-state index contributed by atoms with van der Waals surface area (Å²) in [6.07, 6.45) is 3.74. The van der Waals surface area contributed by atoms with E-state index in [1.807, 2.05) is 13.0 Å². The molecule has 3 nitrogen and oxygen atoms in total. The SMILES string of the molecule is CCCCCN(c1cc(Br)nc(C)n1)C(C)C. The van der Waals surface area contributed by atoms with Crippen molar-refractivity contribution in [3.05, 3.63) is 16.5 Å². The highest BCUT2D eigenvalue weighted by Gasteiger charge is 2.12. The minimum absolute atomic E-state index is 0.466. The molecular weight excluding hydrogens is 278 g/mol. The van der Waals surface area contributed by atoms with Crippen LogP contribution in [0.25, 0.3) is 0 Å². The molecule has 0 atom stereocenters. The van der Waals surface area contributed by atoms with Gasteiger partial charge in [0.05, 0.1) is 0 Å². The number of nitrogens with zero attached hydrogens (tertiary/aromatic N) is 3. The fraction of sp³-hybridized carbons (Fsp3) is 0.692. The normalized spacial score (nSPS) is 10.9. The lowest BCUT2D eigenvalue weighted by Crippen LogP contribution is -2.32. The van der Waals surface area contributed by atoms with E-state index >= 15 is 0 Å². The highest BCUT2D eigenvalue weighted by molar-refractivity contribution is 9.10. The molecule has 0 bridgehead atoms. The largest absolute Gasteiger partial charge is 0.354 e.